The number of carbonyl (C=O) groups excluding carboxylic acids is 2. The van der Waals surface area contributed by atoms with Gasteiger partial charge in [-0.2, -0.15) is 5.10 Å². The van der Waals surface area contributed by atoms with E-state index in [1.54, 1.807) is 24.3 Å². The molecule has 0 fully saturated rings. The van der Waals surface area contributed by atoms with E-state index in [1.165, 1.54) is 24.5 Å². The SMILES string of the molecule is COc1cc(/C=N/NC(=O)Cc2nnc(NC(=O)c3ccc(C)cc3)s2)cc(Cl)c1OCCOCCOc1ccc(C)c(C)c1. The van der Waals surface area contributed by atoms with Gasteiger partial charge in [0, 0.05) is 5.56 Å². The fourth-order valence-electron chi connectivity index (χ4n) is 3.89. The number of hydrazone groups is 1. The van der Waals surface area contributed by atoms with Gasteiger partial charge in [0.05, 0.1) is 38.0 Å². The lowest BCUT2D eigenvalue weighted by Crippen LogP contribution is -2.19. The second kappa shape index (κ2) is 16.5. The molecule has 0 spiro atoms. The lowest BCUT2D eigenvalue weighted by molar-refractivity contribution is -0.120. The van der Waals surface area contributed by atoms with Crippen LogP contribution in [0.3, 0.4) is 0 Å². The second-order valence-electron chi connectivity index (χ2n) is 9.88. The summed E-state index contributed by atoms with van der Waals surface area (Å²) < 4.78 is 22.6. The number of benzene rings is 3. The molecule has 0 bridgehead atoms. The number of hydrogen-bond acceptors (Lipinski definition) is 10. The van der Waals surface area contributed by atoms with Gasteiger partial charge in [0.25, 0.3) is 5.91 Å². The monoisotopic (exact) mass is 651 g/mol. The molecular weight excluding hydrogens is 618 g/mol. The maximum Gasteiger partial charge on any atom is 0.257 e. The van der Waals surface area contributed by atoms with E-state index in [9.17, 15) is 9.59 Å². The predicted octanol–water partition coefficient (Wildman–Crippen LogP) is 5.54. The summed E-state index contributed by atoms with van der Waals surface area (Å²) in [5, 5.41) is 15.6. The molecule has 0 saturated heterocycles. The highest BCUT2D eigenvalue weighted by Gasteiger charge is 2.14. The van der Waals surface area contributed by atoms with E-state index in [0.717, 1.165) is 22.6 Å². The van der Waals surface area contributed by atoms with Crippen LogP contribution in [-0.4, -0.2) is 61.8 Å². The number of amides is 2. The van der Waals surface area contributed by atoms with E-state index in [-0.39, 0.29) is 18.9 Å². The van der Waals surface area contributed by atoms with Crippen molar-refractivity contribution in [1.82, 2.24) is 15.6 Å². The third kappa shape index (κ3) is 10.3. The molecule has 0 unspecified atom stereocenters. The van der Waals surface area contributed by atoms with Crippen LogP contribution in [0.5, 0.6) is 17.2 Å². The number of aromatic nitrogens is 2. The summed E-state index contributed by atoms with van der Waals surface area (Å²) in [6.45, 7) is 7.47. The first-order valence-corrected chi connectivity index (χ1v) is 15.2. The van der Waals surface area contributed by atoms with Crippen molar-refractivity contribution in [2.45, 2.75) is 27.2 Å². The fourth-order valence-corrected chi connectivity index (χ4v) is 4.89. The lowest BCUT2D eigenvalue weighted by Gasteiger charge is -2.13. The van der Waals surface area contributed by atoms with Crippen molar-refractivity contribution in [3.05, 3.63) is 92.4 Å². The summed E-state index contributed by atoms with van der Waals surface area (Å²) in [6.07, 6.45) is 1.37. The summed E-state index contributed by atoms with van der Waals surface area (Å²) in [5.41, 5.74) is 6.98. The zero-order valence-corrected chi connectivity index (χ0v) is 27.0. The maximum atomic E-state index is 12.4. The molecule has 0 aliphatic carbocycles. The van der Waals surface area contributed by atoms with E-state index in [0.29, 0.717) is 57.6 Å². The van der Waals surface area contributed by atoms with E-state index in [2.05, 4.69) is 33.0 Å². The van der Waals surface area contributed by atoms with Gasteiger partial charge < -0.3 is 18.9 Å². The van der Waals surface area contributed by atoms with Gasteiger partial charge in [-0.3, -0.25) is 14.9 Å². The molecular formula is C32H34ClN5O6S. The topological polar surface area (TPSA) is 133 Å². The van der Waals surface area contributed by atoms with Crippen molar-refractivity contribution in [3.8, 4) is 17.2 Å². The number of anilines is 1. The first-order chi connectivity index (χ1) is 21.7. The number of carbonyl (C=O) groups is 2. The van der Waals surface area contributed by atoms with Crippen LogP contribution in [0.15, 0.2) is 59.7 Å². The fraction of sp³-hybridized carbons (Fsp3) is 0.281. The highest BCUT2D eigenvalue weighted by molar-refractivity contribution is 7.15. The molecule has 2 N–H and O–H groups in total. The Morgan fingerprint density at radius 2 is 1.69 bits per heavy atom. The molecule has 0 radical (unpaired) electrons. The number of aryl methyl sites for hydroxylation is 3. The van der Waals surface area contributed by atoms with Crippen molar-refractivity contribution < 1.29 is 28.5 Å². The third-order valence-electron chi connectivity index (χ3n) is 6.42. The zero-order chi connectivity index (χ0) is 32.2. The van der Waals surface area contributed by atoms with E-state index in [4.69, 9.17) is 30.5 Å². The Kier molecular flexibility index (Phi) is 12.3. The van der Waals surface area contributed by atoms with Crippen LogP contribution < -0.4 is 25.0 Å². The minimum atomic E-state index is -0.406. The number of methoxy groups -OCH3 is 1. The van der Waals surface area contributed by atoms with Gasteiger partial charge in [0.2, 0.25) is 11.0 Å². The van der Waals surface area contributed by atoms with Crippen molar-refractivity contribution in [1.29, 1.82) is 0 Å². The minimum absolute atomic E-state index is 0.0634. The van der Waals surface area contributed by atoms with Crippen molar-refractivity contribution in [2.75, 3.05) is 38.9 Å². The standard InChI is InChI=1S/C32H34ClN5O6S/c1-20-5-8-24(9-6-20)31(40)35-32-38-37-29(45-32)18-28(39)36-34-19-23-16-26(33)30(27(17-23)41-4)44-14-12-42-11-13-43-25-10-7-21(2)22(3)15-25/h5-10,15-17,19H,11-14,18H2,1-4H3,(H,36,39)(H,35,38,40)/b34-19+. The van der Waals surface area contributed by atoms with Gasteiger partial charge in [-0.15, -0.1) is 10.2 Å². The van der Waals surface area contributed by atoms with Crippen LogP contribution in [0.25, 0.3) is 0 Å². The average molecular weight is 652 g/mol. The zero-order valence-electron chi connectivity index (χ0n) is 25.4. The van der Waals surface area contributed by atoms with Crippen LogP contribution in [0.2, 0.25) is 5.02 Å². The van der Waals surface area contributed by atoms with E-state index >= 15 is 0 Å². The normalized spacial score (nSPS) is 11.0. The molecule has 2 amide bonds. The lowest BCUT2D eigenvalue weighted by atomic mass is 10.1. The molecule has 13 heteroatoms. The summed E-state index contributed by atoms with van der Waals surface area (Å²) >= 11 is 7.55. The second-order valence-corrected chi connectivity index (χ2v) is 11.3. The molecule has 1 heterocycles. The molecule has 3 aromatic carbocycles. The molecule has 45 heavy (non-hydrogen) atoms. The molecule has 1 aromatic heterocycles. The van der Waals surface area contributed by atoms with Crippen molar-refractivity contribution >= 4 is 46.1 Å². The Morgan fingerprint density at radius 1 is 0.933 bits per heavy atom. The number of ether oxygens (including phenoxy) is 4. The summed E-state index contributed by atoms with van der Waals surface area (Å²) in [7, 11) is 1.50. The number of nitrogens with one attached hydrogen (secondary N) is 2. The van der Waals surface area contributed by atoms with Gasteiger partial charge in [0.15, 0.2) is 11.5 Å². The first kappa shape index (κ1) is 33.4. The van der Waals surface area contributed by atoms with Gasteiger partial charge in [0.1, 0.15) is 24.0 Å². The molecule has 0 aliphatic heterocycles. The number of nitrogens with zero attached hydrogens (tertiary/aromatic N) is 3. The van der Waals surface area contributed by atoms with E-state index in [1.807, 2.05) is 44.2 Å². The molecule has 0 aliphatic rings. The Labute approximate surface area is 270 Å². The summed E-state index contributed by atoms with van der Waals surface area (Å²) in [4.78, 5) is 24.8. The predicted molar refractivity (Wildman–Crippen MR) is 174 cm³/mol. The smallest absolute Gasteiger partial charge is 0.257 e. The molecule has 4 rings (SSSR count). The van der Waals surface area contributed by atoms with Crippen LogP contribution in [0.1, 0.15) is 37.6 Å². The Hall–Kier alpha value is -4.52. The number of halogens is 1. The van der Waals surface area contributed by atoms with E-state index < -0.39 is 5.91 Å². The van der Waals surface area contributed by atoms with Crippen LogP contribution in [-0.2, 0) is 16.0 Å². The van der Waals surface area contributed by atoms with Gasteiger partial charge >= 0.3 is 0 Å². The molecule has 11 nitrogen and oxygen atoms in total. The summed E-state index contributed by atoms with van der Waals surface area (Å²) in [5.74, 6) is 0.875. The Balaban J connectivity index is 1.19. The highest BCUT2D eigenvalue weighted by atomic mass is 35.5. The molecule has 0 atom stereocenters. The Morgan fingerprint density at radius 3 is 2.42 bits per heavy atom. The Bertz CT molecular complexity index is 1640. The minimum Gasteiger partial charge on any atom is -0.493 e. The van der Waals surface area contributed by atoms with Crippen LogP contribution >= 0.6 is 22.9 Å². The van der Waals surface area contributed by atoms with Crippen LogP contribution in [0, 0.1) is 20.8 Å². The van der Waals surface area contributed by atoms with Gasteiger partial charge in [-0.05, 0) is 73.9 Å². The highest BCUT2D eigenvalue weighted by Crippen LogP contribution is 2.36. The first-order valence-electron chi connectivity index (χ1n) is 14.0. The molecule has 0 saturated carbocycles. The molecule has 4 aromatic rings. The molecule has 236 valence electrons. The summed E-state index contributed by atoms with van der Waals surface area (Å²) in [6, 6.07) is 16.4. The van der Waals surface area contributed by atoms with Crippen molar-refractivity contribution in [2.24, 2.45) is 5.10 Å². The van der Waals surface area contributed by atoms with Gasteiger partial charge in [-0.1, -0.05) is 46.7 Å². The number of rotatable bonds is 15. The maximum absolute atomic E-state index is 12.4. The quantitative estimate of drug-likeness (QED) is 0.0972. The van der Waals surface area contributed by atoms with Crippen LogP contribution in [0.4, 0.5) is 5.13 Å². The van der Waals surface area contributed by atoms with Crippen molar-refractivity contribution in [3.63, 3.8) is 0 Å². The average Bonchev–Trinajstić information content (AvgIpc) is 3.45. The van der Waals surface area contributed by atoms with Gasteiger partial charge in [-0.25, -0.2) is 5.43 Å². The third-order valence-corrected chi connectivity index (χ3v) is 7.54. The number of hydrogen-bond donors (Lipinski definition) is 2. The largest absolute Gasteiger partial charge is 0.493 e.